The lowest BCUT2D eigenvalue weighted by atomic mass is 9.83. The summed E-state index contributed by atoms with van der Waals surface area (Å²) in [6.07, 6.45) is 2.80. The summed E-state index contributed by atoms with van der Waals surface area (Å²) in [4.78, 5) is 15.7. The number of benzene rings is 4. The highest BCUT2D eigenvalue weighted by Gasteiger charge is 2.21. The molecule has 1 N–H and O–H groups in total. The Bertz CT molecular complexity index is 1180. The smallest absolute Gasteiger partial charge is 0.344 e. The third-order valence-electron chi connectivity index (χ3n) is 5.27. The Morgan fingerprint density at radius 2 is 1.77 bits per heavy atom. The van der Waals surface area contributed by atoms with Gasteiger partial charge in [0.15, 0.2) is 0 Å². The highest BCUT2D eigenvalue weighted by molar-refractivity contribution is 6.25. The molecule has 0 saturated heterocycles. The van der Waals surface area contributed by atoms with Crippen LogP contribution in [-0.4, -0.2) is 23.4 Å². The molecule has 0 aromatic heterocycles. The highest BCUT2D eigenvalue weighted by atomic mass is 16.6. The second kappa shape index (κ2) is 5.70. The van der Waals surface area contributed by atoms with Crippen molar-refractivity contribution in [2.45, 2.75) is 19.3 Å². The van der Waals surface area contributed by atoms with Crippen LogP contribution in [0, 0.1) is 0 Å². The first-order valence-electron chi connectivity index (χ1n) is 8.83. The molecule has 26 heavy (non-hydrogen) atoms. The number of fused-ring (bicyclic) bond motifs is 2. The van der Waals surface area contributed by atoms with Crippen LogP contribution in [0.25, 0.3) is 32.3 Å². The average Bonchev–Trinajstić information content (AvgIpc) is 2.66. The quantitative estimate of drug-likeness (QED) is 0.432. The molecule has 128 valence electrons. The number of carbonyl (C=O) groups is 1. The second-order valence-corrected chi connectivity index (χ2v) is 6.82. The van der Waals surface area contributed by atoms with E-state index >= 15 is 0 Å². The molecule has 0 saturated carbocycles. The van der Waals surface area contributed by atoms with Crippen molar-refractivity contribution in [2.75, 3.05) is 6.61 Å². The predicted octanol–water partition coefficient (Wildman–Crippen LogP) is 4.73. The molecular formula is C22H17NO3. The average molecular weight is 343 g/mol. The summed E-state index contributed by atoms with van der Waals surface area (Å²) in [7, 11) is 0. The number of carboxylic acids is 1. The molecular weight excluding hydrogens is 326 g/mol. The molecule has 4 nitrogen and oxygen atoms in total. The van der Waals surface area contributed by atoms with E-state index in [0.717, 1.165) is 30.5 Å². The zero-order valence-corrected chi connectivity index (χ0v) is 14.2. The first kappa shape index (κ1) is 15.1. The van der Waals surface area contributed by atoms with Crippen molar-refractivity contribution in [3.05, 3.63) is 59.7 Å². The molecule has 0 heterocycles. The Kier molecular flexibility index (Phi) is 3.32. The van der Waals surface area contributed by atoms with Gasteiger partial charge >= 0.3 is 5.97 Å². The topological polar surface area (TPSA) is 58.9 Å². The number of aryl methyl sites for hydroxylation is 1. The van der Waals surface area contributed by atoms with E-state index in [0.29, 0.717) is 0 Å². The summed E-state index contributed by atoms with van der Waals surface area (Å²) in [6.45, 7) is -0.410. The zero-order valence-electron chi connectivity index (χ0n) is 14.2. The Labute approximate surface area is 150 Å². The van der Waals surface area contributed by atoms with Crippen LogP contribution in [0.1, 0.15) is 24.0 Å². The van der Waals surface area contributed by atoms with Crippen molar-refractivity contribution in [3.63, 3.8) is 0 Å². The maximum Gasteiger partial charge on any atom is 0.344 e. The molecule has 0 atom stereocenters. The van der Waals surface area contributed by atoms with E-state index in [2.05, 4.69) is 53.7 Å². The van der Waals surface area contributed by atoms with E-state index in [1.54, 1.807) is 0 Å². The monoisotopic (exact) mass is 343 g/mol. The SMILES string of the molecule is O=C(O)CO/N=C1\CCCc2c1cc1ccc3cccc4ccc2c1c34. The summed E-state index contributed by atoms with van der Waals surface area (Å²) in [5.41, 5.74) is 3.23. The number of rotatable bonds is 3. The second-order valence-electron chi connectivity index (χ2n) is 6.82. The first-order chi connectivity index (χ1) is 12.7. The summed E-state index contributed by atoms with van der Waals surface area (Å²) in [5, 5.41) is 20.5. The van der Waals surface area contributed by atoms with E-state index in [1.165, 1.54) is 37.9 Å². The van der Waals surface area contributed by atoms with Crippen molar-refractivity contribution in [2.24, 2.45) is 5.16 Å². The highest BCUT2D eigenvalue weighted by Crippen LogP contribution is 2.39. The molecule has 1 aliphatic carbocycles. The summed E-state index contributed by atoms with van der Waals surface area (Å²) in [6, 6.07) is 17.3. The number of aliphatic carboxylic acids is 1. The third kappa shape index (κ3) is 2.22. The fraction of sp³-hybridized carbons (Fsp3) is 0.182. The van der Waals surface area contributed by atoms with Gasteiger partial charge in [0.1, 0.15) is 0 Å². The van der Waals surface area contributed by atoms with Gasteiger partial charge < -0.3 is 9.94 Å². The van der Waals surface area contributed by atoms with Crippen LogP contribution >= 0.6 is 0 Å². The minimum Gasteiger partial charge on any atom is -0.479 e. The molecule has 0 spiro atoms. The van der Waals surface area contributed by atoms with Gasteiger partial charge in [-0.25, -0.2) is 4.79 Å². The zero-order chi connectivity index (χ0) is 17.7. The van der Waals surface area contributed by atoms with Gasteiger partial charge in [-0.2, -0.15) is 0 Å². The van der Waals surface area contributed by atoms with Gasteiger partial charge in [-0.05, 0) is 63.2 Å². The Morgan fingerprint density at radius 1 is 1.00 bits per heavy atom. The van der Waals surface area contributed by atoms with E-state index in [4.69, 9.17) is 9.94 Å². The Morgan fingerprint density at radius 3 is 2.58 bits per heavy atom. The lowest BCUT2D eigenvalue weighted by Crippen LogP contribution is -2.14. The fourth-order valence-electron chi connectivity index (χ4n) is 4.22. The Balaban J connectivity index is 1.78. The molecule has 0 bridgehead atoms. The van der Waals surface area contributed by atoms with Crippen LogP contribution in [-0.2, 0) is 16.1 Å². The van der Waals surface area contributed by atoms with Crippen LogP contribution < -0.4 is 0 Å². The summed E-state index contributed by atoms with van der Waals surface area (Å²) < 4.78 is 0. The Hall–Kier alpha value is -3.14. The normalized spacial score (nSPS) is 15.8. The number of hydrogen-bond acceptors (Lipinski definition) is 3. The molecule has 4 aromatic rings. The molecule has 1 aliphatic rings. The lowest BCUT2D eigenvalue weighted by Gasteiger charge is -2.22. The molecule has 0 amide bonds. The van der Waals surface area contributed by atoms with E-state index < -0.39 is 12.6 Å². The van der Waals surface area contributed by atoms with Crippen LogP contribution in [0.3, 0.4) is 0 Å². The van der Waals surface area contributed by atoms with Crippen molar-refractivity contribution < 1.29 is 14.7 Å². The van der Waals surface area contributed by atoms with Gasteiger partial charge in [-0.3, -0.25) is 0 Å². The number of carboxylic acid groups (broad SMARTS) is 1. The molecule has 5 rings (SSSR count). The van der Waals surface area contributed by atoms with Gasteiger partial charge in [0, 0.05) is 5.56 Å². The number of nitrogens with zero attached hydrogens (tertiary/aromatic N) is 1. The lowest BCUT2D eigenvalue weighted by molar-refractivity contribution is -0.142. The number of oxime groups is 1. The van der Waals surface area contributed by atoms with Crippen molar-refractivity contribution in [3.8, 4) is 0 Å². The van der Waals surface area contributed by atoms with Gasteiger partial charge in [-0.1, -0.05) is 47.6 Å². The van der Waals surface area contributed by atoms with Crippen molar-refractivity contribution >= 4 is 44.0 Å². The maximum absolute atomic E-state index is 10.7. The van der Waals surface area contributed by atoms with E-state index in [-0.39, 0.29) is 0 Å². The van der Waals surface area contributed by atoms with Gasteiger partial charge in [0.05, 0.1) is 5.71 Å². The molecule has 4 aromatic carbocycles. The number of hydrogen-bond donors (Lipinski definition) is 1. The molecule has 0 fully saturated rings. The van der Waals surface area contributed by atoms with Gasteiger partial charge in [0.2, 0.25) is 6.61 Å². The maximum atomic E-state index is 10.7. The van der Waals surface area contributed by atoms with Crippen molar-refractivity contribution in [1.82, 2.24) is 0 Å². The largest absolute Gasteiger partial charge is 0.479 e. The fourth-order valence-corrected chi connectivity index (χ4v) is 4.22. The van der Waals surface area contributed by atoms with Gasteiger partial charge in [-0.15, -0.1) is 0 Å². The minimum atomic E-state index is -1.01. The standard InChI is InChI=1S/C22H17NO3/c24-20(25)12-26-23-19-6-2-5-16-17-10-9-14-4-1-3-13-7-8-15(11-18(16)19)22(17)21(13)14/h1,3-4,7-11H,2,5-6,12H2,(H,24,25)/b23-19+. The van der Waals surface area contributed by atoms with Crippen LogP contribution in [0.2, 0.25) is 0 Å². The minimum absolute atomic E-state index is 0.410. The van der Waals surface area contributed by atoms with Gasteiger partial charge in [0.25, 0.3) is 0 Å². The van der Waals surface area contributed by atoms with E-state index in [1.807, 2.05) is 0 Å². The molecule has 0 aliphatic heterocycles. The molecule has 0 unspecified atom stereocenters. The first-order valence-corrected chi connectivity index (χ1v) is 8.83. The molecule has 4 heteroatoms. The van der Waals surface area contributed by atoms with Crippen LogP contribution in [0.15, 0.2) is 53.7 Å². The van der Waals surface area contributed by atoms with Crippen LogP contribution in [0.4, 0.5) is 0 Å². The summed E-state index contributed by atoms with van der Waals surface area (Å²) >= 11 is 0. The summed E-state index contributed by atoms with van der Waals surface area (Å²) in [5.74, 6) is -1.01. The van der Waals surface area contributed by atoms with E-state index in [9.17, 15) is 4.79 Å². The predicted molar refractivity (Wildman–Crippen MR) is 103 cm³/mol. The third-order valence-corrected chi connectivity index (χ3v) is 5.27. The molecule has 0 radical (unpaired) electrons. The van der Waals surface area contributed by atoms with Crippen LogP contribution in [0.5, 0.6) is 0 Å². The van der Waals surface area contributed by atoms with Crippen molar-refractivity contribution in [1.29, 1.82) is 0 Å².